The van der Waals surface area contributed by atoms with Gasteiger partial charge < -0.3 is 10.1 Å². The lowest BCUT2D eigenvalue weighted by molar-refractivity contribution is -0.172. The summed E-state index contributed by atoms with van der Waals surface area (Å²) in [6.07, 6.45) is -4.31. The minimum atomic E-state index is -4.31. The summed E-state index contributed by atoms with van der Waals surface area (Å²) in [6, 6.07) is 1.82. The highest BCUT2D eigenvalue weighted by atomic mass is 32.1. The Labute approximate surface area is 116 Å². The zero-order valence-electron chi connectivity index (χ0n) is 10.2. The molecule has 2 aromatic rings. The lowest BCUT2D eigenvalue weighted by Crippen LogP contribution is -2.20. The van der Waals surface area contributed by atoms with Crippen molar-refractivity contribution < 1.29 is 17.9 Å². The third-order valence-corrected chi connectivity index (χ3v) is 3.07. The van der Waals surface area contributed by atoms with Crippen molar-refractivity contribution in [3.63, 3.8) is 0 Å². The summed E-state index contributed by atoms with van der Waals surface area (Å²) in [7, 11) is 0. The predicted molar refractivity (Wildman–Crippen MR) is 70.6 cm³/mol. The van der Waals surface area contributed by atoms with Crippen LogP contribution in [0.2, 0.25) is 0 Å². The monoisotopic (exact) mass is 307 g/mol. The van der Waals surface area contributed by atoms with Gasteiger partial charge in [0.15, 0.2) is 0 Å². The van der Waals surface area contributed by atoms with Crippen LogP contribution in [0.1, 0.15) is 0 Å². The molecule has 2 heterocycles. The van der Waals surface area contributed by atoms with E-state index in [0.717, 1.165) is 10.2 Å². The number of thiophene rings is 1. The van der Waals surface area contributed by atoms with Crippen LogP contribution >= 0.6 is 11.3 Å². The van der Waals surface area contributed by atoms with Gasteiger partial charge in [-0.15, -0.1) is 11.3 Å². The van der Waals surface area contributed by atoms with Crippen LogP contribution in [-0.4, -0.2) is 35.9 Å². The van der Waals surface area contributed by atoms with Gasteiger partial charge in [-0.05, 0) is 11.4 Å². The molecule has 0 fully saturated rings. The fourth-order valence-electron chi connectivity index (χ4n) is 1.48. The Bertz CT molecular complexity index is 574. The Morgan fingerprint density at radius 1 is 1.35 bits per heavy atom. The van der Waals surface area contributed by atoms with Crippen molar-refractivity contribution in [3.8, 4) is 0 Å². The summed E-state index contributed by atoms with van der Waals surface area (Å²) in [5.74, 6) is 5.99. The Balaban J connectivity index is 1.94. The molecule has 0 spiro atoms. The molecule has 2 rings (SSSR count). The van der Waals surface area contributed by atoms with Crippen molar-refractivity contribution in [3.05, 3.63) is 11.4 Å². The van der Waals surface area contributed by atoms with Gasteiger partial charge in [0, 0.05) is 6.54 Å². The molecule has 0 aliphatic heterocycles. The maximum absolute atomic E-state index is 11.9. The predicted octanol–water partition coefficient (Wildman–Crippen LogP) is 1.97. The van der Waals surface area contributed by atoms with E-state index in [1.54, 1.807) is 0 Å². The van der Waals surface area contributed by atoms with Gasteiger partial charge in [0.1, 0.15) is 17.3 Å². The number of hydrazine groups is 1. The number of ether oxygens (including phenoxy) is 1. The number of hydrogen-bond donors (Lipinski definition) is 3. The zero-order valence-corrected chi connectivity index (χ0v) is 11.0. The van der Waals surface area contributed by atoms with Crippen LogP contribution in [-0.2, 0) is 4.74 Å². The largest absolute Gasteiger partial charge is 0.411 e. The first-order valence-corrected chi connectivity index (χ1v) is 6.48. The average Bonchev–Trinajstić information content (AvgIpc) is 2.84. The SMILES string of the molecule is NNc1nc(NCCOCC(F)(F)F)c2ccsc2n1. The second-order valence-electron chi connectivity index (χ2n) is 3.77. The van der Waals surface area contributed by atoms with Crippen molar-refractivity contribution in [2.24, 2.45) is 5.84 Å². The Kier molecular flexibility index (Phi) is 4.57. The van der Waals surface area contributed by atoms with Crippen LogP contribution in [0.4, 0.5) is 24.9 Å². The zero-order chi connectivity index (χ0) is 14.6. The highest BCUT2D eigenvalue weighted by molar-refractivity contribution is 7.16. The first-order chi connectivity index (χ1) is 9.49. The Morgan fingerprint density at radius 3 is 2.85 bits per heavy atom. The number of halogens is 3. The van der Waals surface area contributed by atoms with Crippen molar-refractivity contribution >= 4 is 33.3 Å². The smallest absolute Gasteiger partial charge is 0.370 e. The van der Waals surface area contributed by atoms with E-state index in [-0.39, 0.29) is 19.1 Å². The fourth-order valence-corrected chi connectivity index (χ4v) is 2.25. The number of nitrogens with two attached hydrogens (primary N) is 1. The molecule has 0 aliphatic rings. The highest BCUT2D eigenvalue weighted by Crippen LogP contribution is 2.26. The van der Waals surface area contributed by atoms with Gasteiger partial charge in [-0.25, -0.2) is 10.8 Å². The van der Waals surface area contributed by atoms with Gasteiger partial charge in [-0.3, -0.25) is 5.43 Å². The molecule has 20 heavy (non-hydrogen) atoms. The highest BCUT2D eigenvalue weighted by Gasteiger charge is 2.27. The van der Waals surface area contributed by atoms with Crippen molar-refractivity contribution in [1.82, 2.24) is 9.97 Å². The topological polar surface area (TPSA) is 85.1 Å². The summed E-state index contributed by atoms with van der Waals surface area (Å²) < 4.78 is 40.2. The molecule has 2 aromatic heterocycles. The summed E-state index contributed by atoms with van der Waals surface area (Å²) in [5, 5.41) is 5.52. The summed E-state index contributed by atoms with van der Waals surface area (Å²) in [4.78, 5) is 8.98. The average molecular weight is 307 g/mol. The standard InChI is InChI=1S/C10H12F3N5OS/c11-10(12,13)5-19-3-2-15-7-6-1-4-20-8(6)17-9(16-7)18-14/h1,4H,2-3,5,14H2,(H2,15,16,17,18). The third-order valence-electron chi connectivity index (χ3n) is 2.26. The molecule has 0 saturated heterocycles. The molecule has 0 aromatic carbocycles. The second kappa shape index (κ2) is 6.20. The molecule has 10 heteroatoms. The van der Waals surface area contributed by atoms with Gasteiger partial charge in [0.25, 0.3) is 0 Å². The molecule has 110 valence electrons. The summed E-state index contributed by atoms with van der Waals surface area (Å²) in [5.41, 5.74) is 2.34. The first kappa shape index (κ1) is 14.8. The quantitative estimate of drug-likeness (QED) is 0.430. The third kappa shape index (κ3) is 3.92. The Hall–Kier alpha value is -1.65. The van der Waals surface area contributed by atoms with Crippen molar-refractivity contribution in [2.75, 3.05) is 30.5 Å². The molecule has 0 aliphatic carbocycles. The number of nitrogens with one attached hydrogen (secondary N) is 2. The molecule has 0 radical (unpaired) electrons. The maximum atomic E-state index is 11.9. The lowest BCUT2D eigenvalue weighted by Gasteiger charge is -2.10. The van der Waals surface area contributed by atoms with Gasteiger partial charge in [-0.1, -0.05) is 0 Å². The van der Waals surface area contributed by atoms with Crippen LogP contribution < -0.4 is 16.6 Å². The van der Waals surface area contributed by atoms with E-state index in [9.17, 15) is 13.2 Å². The van der Waals surface area contributed by atoms with Gasteiger partial charge in [0.2, 0.25) is 5.95 Å². The number of nitrogens with zero attached hydrogens (tertiary/aromatic N) is 2. The lowest BCUT2D eigenvalue weighted by atomic mass is 10.4. The normalized spacial score (nSPS) is 11.8. The van der Waals surface area contributed by atoms with E-state index in [2.05, 4.69) is 25.4 Å². The summed E-state index contributed by atoms with van der Waals surface area (Å²) >= 11 is 1.41. The van der Waals surface area contributed by atoms with Crippen molar-refractivity contribution in [2.45, 2.75) is 6.18 Å². The van der Waals surface area contributed by atoms with E-state index in [1.165, 1.54) is 11.3 Å². The van der Waals surface area contributed by atoms with Crippen LogP contribution in [0, 0.1) is 0 Å². The van der Waals surface area contributed by atoms with E-state index >= 15 is 0 Å². The van der Waals surface area contributed by atoms with E-state index < -0.39 is 12.8 Å². The minimum absolute atomic E-state index is 0.0828. The van der Waals surface area contributed by atoms with E-state index in [4.69, 9.17) is 5.84 Å². The van der Waals surface area contributed by atoms with Gasteiger partial charge in [-0.2, -0.15) is 18.2 Å². The number of aromatic nitrogens is 2. The number of hydrogen-bond acceptors (Lipinski definition) is 7. The second-order valence-corrected chi connectivity index (χ2v) is 4.67. The number of rotatable bonds is 6. The molecular formula is C10H12F3N5OS. The number of alkyl halides is 3. The molecule has 0 bridgehead atoms. The minimum Gasteiger partial charge on any atom is -0.370 e. The molecule has 0 amide bonds. The van der Waals surface area contributed by atoms with E-state index in [1.807, 2.05) is 11.4 Å². The molecular weight excluding hydrogens is 295 g/mol. The molecule has 0 saturated carbocycles. The first-order valence-electron chi connectivity index (χ1n) is 5.60. The van der Waals surface area contributed by atoms with Gasteiger partial charge in [0.05, 0.1) is 12.0 Å². The number of anilines is 2. The number of nitrogen functional groups attached to an aromatic ring is 1. The summed E-state index contributed by atoms with van der Waals surface area (Å²) in [6.45, 7) is -1.15. The molecule has 6 nitrogen and oxygen atoms in total. The van der Waals surface area contributed by atoms with Crippen molar-refractivity contribution in [1.29, 1.82) is 0 Å². The fraction of sp³-hybridized carbons (Fsp3) is 0.400. The maximum Gasteiger partial charge on any atom is 0.411 e. The van der Waals surface area contributed by atoms with Gasteiger partial charge >= 0.3 is 6.18 Å². The molecule has 0 atom stereocenters. The van der Waals surface area contributed by atoms with Crippen LogP contribution in [0.15, 0.2) is 11.4 Å². The van der Waals surface area contributed by atoms with Crippen LogP contribution in [0.5, 0.6) is 0 Å². The van der Waals surface area contributed by atoms with Crippen LogP contribution in [0.3, 0.4) is 0 Å². The van der Waals surface area contributed by atoms with E-state index in [0.29, 0.717) is 5.82 Å². The Morgan fingerprint density at radius 2 is 2.15 bits per heavy atom. The molecule has 0 unspecified atom stereocenters. The van der Waals surface area contributed by atoms with Crippen LogP contribution in [0.25, 0.3) is 10.2 Å². The molecule has 4 N–H and O–H groups in total. The number of fused-ring (bicyclic) bond motifs is 1.